The summed E-state index contributed by atoms with van der Waals surface area (Å²) in [6.07, 6.45) is 4.20. The van der Waals surface area contributed by atoms with Crippen molar-refractivity contribution in [1.29, 1.82) is 0 Å². The van der Waals surface area contributed by atoms with E-state index in [1.54, 1.807) is 25.7 Å². The molecule has 0 aliphatic carbocycles. The van der Waals surface area contributed by atoms with Crippen molar-refractivity contribution in [2.75, 3.05) is 12.3 Å². The molecule has 11 heteroatoms. The summed E-state index contributed by atoms with van der Waals surface area (Å²) in [6.45, 7) is 4.94. The lowest BCUT2D eigenvalue weighted by Crippen LogP contribution is -2.23. The fourth-order valence-electron chi connectivity index (χ4n) is 4.55. The molecule has 0 saturated carbocycles. The van der Waals surface area contributed by atoms with Crippen LogP contribution >= 0.6 is 15.9 Å². The van der Waals surface area contributed by atoms with Gasteiger partial charge in [0.05, 0.1) is 40.5 Å². The minimum atomic E-state index is -1.09. The molecule has 0 aliphatic heterocycles. The topological polar surface area (TPSA) is 130 Å². The molecule has 0 spiro atoms. The van der Waals surface area contributed by atoms with Crippen LogP contribution in [0.4, 0.5) is 5.95 Å². The number of imidazole rings is 1. The normalized spacial score (nSPS) is 12.2. The van der Waals surface area contributed by atoms with Gasteiger partial charge in [0, 0.05) is 30.8 Å². The SMILES string of the molecule is CCC(CCCOc1c(-c2cc(C(=O)O)c(C)n(C)c2=O)cnn1C)Cn1c(N)nc2ccc(Br)cc21. The predicted molar refractivity (Wildman–Crippen MR) is 146 cm³/mol. The number of carboxylic acids is 1. The molecule has 3 aromatic heterocycles. The van der Waals surface area contributed by atoms with E-state index in [2.05, 4.69) is 37.5 Å². The smallest absolute Gasteiger partial charge is 0.337 e. The number of aromatic nitrogens is 5. The number of aryl methyl sites for hydroxylation is 1. The molecular formula is C26H31BrN6O4. The number of nitrogens with zero attached hydrogens (tertiary/aromatic N) is 5. The number of ether oxygens (including phenoxy) is 1. The van der Waals surface area contributed by atoms with Crippen LogP contribution in [0.1, 0.15) is 42.2 Å². The summed E-state index contributed by atoms with van der Waals surface area (Å²) in [5, 5.41) is 13.8. The maximum absolute atomic E-state index is 12.9. The second kappa shape index (κ2) is 10.8. The first-order chi connectivity index (χ1) is 17.6. The number of hydrogen-bond donors (Lipinski definition) is 2. The van der Waals surface area contributed by atoms with Crippen LogP contribution in [-0.2, 0) is 20.6 Å². The summed E-state index contributed by atoms with van der Waals surface area (Å²) in [5.74, 6) is 0.212. The Labute approximate surface area is 222 Å². The molecule has 0 aliphatic rings. The van der Waals surface area contributed by atoms with Crippen LogP contribution in [-0.4, -0.2) is 41.6 Å². The van der Waals surface area contributed by atoms with Gasteiger partial charge in [0.1, 0.15) is 0 Å². The summed E-state index contributed by atoms with van der Waals surface area (Å²) >= 11 is 3.52. The molecule has 1 atom stereocenters. The lowest BCUT2D eigenvalue weighted by Gasteiger charge is -2.17. The zero-order valence-corrected chi connectivity index (χ0v) is 22.9. The van der Waals surface area contributed by atoms with Gasteiger partial charge in [-0.1, -0.05) is 29.3 Å². The minimum Gasteiger partial charge on any atom is -0.478 e. The van der Waals surface area contributed by atoms with Crippen molar-refractivity contribution < 1.29 is 14.6 Å². The highest BCUT2D eigenvalue weighted by atomic mass is 79.9. The zero-order chi connectivity index (χ0) is 26.9. The van der Waals surface area contributed by atoms with E-state index in [0.717, 1.165) is 41.3 Å². The van der Waals surface area contributed by atoms with Crippen molar-refractivity contribution in [3.63, 3.8) is 0 Å². The van der Waals surface area contributed by atoms with Crippen molar-refractivity contribution in [2.45, 2.75) is 39.7 Å². The molecule has 3 N–H and O–H groups in total. The highest BCUT2D eigenvalue weighted by Crippen LogP contribution is 2.29. The van der Waals surface area contributed by atoms with Crippen molar-refractivity contribution >= 4 is 38.9 Å². The number of nitrogens with two attached hydrogens (primary N) is 1. The molecule has 4 aromatic rings. The standard InChI is InChI=1S/C26H31BrN6O4/c1-5-16(14-33-22-11-17(27)8-9-21(22)30-26(33)28)7-6-10-37-24-20(13-29-32(24)4)19-12-18(25(35)36)15(2)31(3)23(19)34/h8-9,11-13,16H,5-7,10,14H2,1-4H3,(H2,28,30)(H,35,36). The molecule has 0 amide bonds. The van der Waals surface area contributed by atoms with E-state index in [1.165, 1.54) is 16.8 Å². The summed E-state index contributed by atoms with van der Waals surface area (Å²) in [4.78, 5) is 29.1. The Morgan fingerprint density at radius 2 is 2.00 bits per heavy atom. The van der Waals surface area contributed by atoms with Gasteiger partial charge < -0.3 is 24.7 Å². The molecule has 1 unspecified atom stereocenters. The van der Waals surface area contributed by atoms with E-state index in [4.69, 9.17) is 10.5 Å². The number of aromatic carboxylic acids is 1. The van der Waals surface area contributed by atoms with Gasteiger partial charge >= 0.3 is 5.97 Å². The van der Waals surface area contributed by atoms with Crippen molar-refractivity contribution in [2.24, 2.45) is 20.0 Å². The highest BCUT2D eigenvalue weighted by Gasteiger charge is 2.21. The molecular weight excluding hydrogens is 540 g/mol. The maximum Gasteiger partial charge on any atom is 0.337 e. The Balaban J connectivity index is 1.47. The molecule has 0 saturated heterocycles. The van der Waals surface area contributed by atoms with E-state index in [0.29, 0.717) is 35.6 Å². The Morgan fingerprint density at radius 1 is 1.24 bits per heavy atom. The van der Waals surface area contributed by atoms with Crippen LogP contribution in [0, 0.1) is 12.8 Å². The highest BCUT2D eigenvalue weighted by molar-refractivity contribution is 9.10. The molecule has 4 rings (SSSR count). The Hall–Kier alpha value is -3.60. The average molecular weight is 571 g/mol. The number of rotatable bonds is 10. The first kappa shape index (κ1) is 26.5. The second-order valence-electron chi connectivity index (χ2n) is 9.19. The Bertz CT molecular complexity index is 1520. The second-order valence-corrected chi connectivity index (χ2v) is 10.1. The van der Waals surface area contributed by atoms with Crippen LogP contribution < -0.4 is 16.0 Å². The van der Waals surface area contributed by atoms with Gasteiger partial charge in [0.15, 0.2) is 0 Å². The minimum absolute atomic E-state index is 0.0658. The van der Waals surface area contributed by atoms with Gasteiger partial charge in [0.2, 0.25) is 11.8 Å². The van der Waals surface area contributed by atoms with Crippen molar-refractivity contribution in [3.8, 4) is 17.0 Å². The first-order valence-corrected chi connectivity index (χ1v) is 12.9. The number of fused-ring (bicyclic) bond motifs is 1. The third-order valence-electron chi connectivity index (χ3n) is 6.87. The maximum atomic E-state index is 12.9. The lowest BCUT2D eigenvalue weighted by molar-refractivity contribution is 0.0695. The fraction of sp³-hybridized carbons (Fsp3) is 0.385. The molecule has 0 fully saturated rings. The summed E-state index contributed by atoms with van der Waals surface area (Å²) < 4.78 is 12.0. The van der Waals surface area contributed by atoms with E-state index < -0.39 is 5.97 Å². The average Bonchev–Trinajstić information content (AvgIpc) is 3.37. The van der Waals surface area contributed by atoms with Gasteiger partial charge in [-0.3, -0.25) is 4.79 Å². The number of pyridine rings is 1. The molecule has 1 aromatic carbocycles. The zero-order valence-electron chi connectivity index (χ0n) is 21.4. The largest absolute Gasteiger partial charge is 0.478 e. The van der Waals surface area contributed by atoms with Gasteiger partial charge in [-0.2, -0.15) is 5.10 Å². The molecule has 37 heavy (non-hydrogen) atoms. The monoisotopic (exact) mass is 570 g/mol. The quantitative estimate of drug-likeness (QED) is 0.270. The first-order valence-electron chi connectivity index (χ1n) is 12.1. The van der Waals surface area contributed by atoms with E-state index >= 15 is 0 Å². The third-order valence-corrected chi connectivity index (χ3v) is 7.37. The van der Waals surface area contributed by atoms with Crippen molar-refractivity contribution in [1.82, 2.24) is 23.9 Å². The predicted octanol–water partition coefficient (Wildman–Crippen LogP) is 4.37. The molecule has 3 heterocycles. The van der Waals surface area contributed by atoms with Crippen LogP contribution in [0.25, 0.3) is 22.2 Å². The van der Waals surface area contributed by atoms with Gasteiger partial charge in [-0.05, 0) is 49.9 Å². The number of carboxylic acid groups (broad SMARTS) is 1. The van der Waals surface area contributed by atoms with Crippen LogP contribution in [0.2, 0.25) is 0 Å². The molecule has 10 nitrogen and oxygen atoms in total. The lowest BCUT2D eigenvalue weighted by atomic mass is 10.0. The number of halogens is 1. The van der Waals surface area contributed by atoms with Crippen LogP contribution in [0.15, 0.2) is 39.7 Å². The van der Waals surface area contributed by atoms with Gasteiger partial charge in [0.25, 0.3) is 5.56 Å². The molecule has 0 bridgehead atoms. The van der Waals surface area contributed by atoms with Gasteiger partial charge in [-0.15, -0.1) is 0 Å². The van der Waals surface area contributed by atoms with E-state index in [-0.39, 0.29) is 16.7 Å². The van der Waals surface area contributed by atoms with Gasteiger partial charge in [-0.25, -0.2) is 14.5 Å². The Kier molecular flexibility index (Phi) is 7.72. The van der Waals surface area contributed by atoms with E-state index in [1.807, 2.05) is 18.2 Å². The van der Waals surface area contributed by atoms with Crippen LogP contribution in [0.5, 0.6) is 5.88 Å². The summed E-state index contributed by atoms with van der Waals surface area (Å²) in [7, 11) is 3.29. The third kappa shape index (κ3) is 5.27. The van der Waals surface area contributed by atoms with E-state index in [9.17, 15) is 14.7 Å². The number of hydrogen-bond acceptors (Lipinski definition) is 6. The number of anilines is 1. The fourth-order valence-corrected chi connectivity index (χ4v) is 4.89. The molecule has 0 radical (unpaired) electrons. The van der Waals surface area contributed by atoms with Crippen molar-refractivity contribution in [3.05, 3.63) is 56.5 Å². The Morgan fingerprint density at radius 3 is 2.70 bits per heavy atom. The number of carbonyl (C=O) groups is 1. The summed E-state index contributed by atoms with van der Waals surface area (Å²) in [6, 6.07) is 7.33. The van der Waals surface area contributed by atoms with Crippen LogP contribution in [0.3, 0.4) is 0 Å². The molecule has 196 valence electrons. The summed E-state index contributed by atoms with van der Waals surface area (Å²) in [5.41, 5.74) is 8.95. The number of nitrogen functional groups attached to an aromatic ring is 1. The number of benzene rings is 1.